The van der Waals surface area contributed by atoms with E-state index in [0.717, 1.165) is 0 Å². The minimum absolute atomic E-state index is 0.109. The van der Waals surface area contributed by atoms with Gasteiger partial charge in [-0.05, 0) is 48.4 Å². The molecule has 0 aromatic carbocycles. The predicted molar refractivity (Wildman–Crippen MR) is 81.5 cm³/mol. The number of aliphatic hydroxyl groups is 1. The molecule has 4 nitrogen and oxygen atoms in total. The maximum atomic E-state index is 11.9. The quantitative estimate of drug-likeness (QED) is 0.681. The molecule has 0 saturated carbocycles. The van der Waals surface area contributed by atoms with E-state index >= 15 is 0 Å². The molecule has 0 radical (unpaired) electrons. The lowest BCUT2D eigenvalue weighted by atomic mass is 9.92. The zero-order chi connectivity index (χ0) is 15.4. The van der Waals surface area contributed by atoms with E-state index in [1.807, 2.05) is 6.07 Å². The van der Waals surface area contributed by atoms with Crippen LogP contribution in [0.5, 0.6) is 0 Å². The van der Waals surface area contributed by atoms with Crippen LogP contribution in [0, 0.1) is 11.8 Å². The number of pyridine rings is 1. The van der Waals surface area contributed by atoms with Crippen LogP contribution >= 0.6 is 0 Å². The van der Waals surface area contributed by atoms with Gasteiger partial charge in [0.1, 0.15) is 17.1 Å². The van der Waals surface area contributed by atoms with E-state index < -0.39 is 5.60 Å². The van der Waals surface area contributed by atoms with Gasteiger partial charge in [0.05, 0.1) is 6.26 Å². The summed E-state index contributed by atoms with van der Waals surface area (Å²) in [6.45, 7) is 0. The summed E-state index contributed by atoms with van der Waals surface area (Å²) in [5.74, 6) is 6.03. The Morgan fingerprint density at radius 1 is 1.32 bits per heavy atom. The molecule has 1 unspecified atom stereocenters. The zero-order valence-corrected chi connectivity index (χ0v) is 11.7. The molecule has 1 atom stereocenters. The predicted octanol–water partition coefficient (Wildman–Crippen LogP) is 2.37. The van der Waals surface area contributed by atoms with Crippen LogP contribution in [0.3, 0.4) is 0 Å². The molecule has 0 bridgehead atoms. The number of rotatable bonds is 2. The van der Waals surface area contributed by atoms with Crippen molar-refractivity contribution in [2.75, 3.05) is 0 Å². The first-order valence-corrected chi connectivity index (χ1v) is 6.79. The standard InChI is InChI=1S/C18H13NO3/c20-17-8-10-18(21,16(17)13-15-7-4-12-22-15)9-3-6-14-5-1-2-11-19-14/h1-2,4-5,7-8,10-13,21H,9H2/b16-13-. The lowest BCUT2D eigenvalue weighted by molar-refractivity contribution is -0.111. The monoisotopic (exact) mass is 291 g/mol. The Bertz CT molecular complexity index is 792. The van der Waals surface area contributed by atoms with Crippen molar-refractivity contribution in [3.8, 4) is 11.8 Å². The largest absolute Gasteiger partial charge is 0.465 e. The second kappa shape index (κ2) is 5.84. The maximum Gasteiger partial charge on any atom is 0.185 e. The highest BCUT2D eigenvalue weighted by molar-refractivity contribution is 6.11. The summed E-state index contributed by atoms with van der Waals surface area (Å²) in [5.41, 5.74) is -0.514. The molecule has 2 heterocycles. The molecule has 2 aromatic heterocycles. The van der Waals surface area contributed by atoms with Crippen molar-refractivity contribution in [3.63, 3.8) is 0 Å². The Kier molecular flexibility index (Phi) is 3.73. The van der Waals surface area contributed by atoms with Crippen molar-refractivity contribution in [2.45, 2.75) is 12.0 Å². The van der Waals surface area contributed by atoms with Crippen molar-refractivity contribution in [1.29, 1.82) is 0 Å². The average Bonchev–Trinajstić information content (AvgIpc) is 3.13. The maximum absolute atomic E-state index is 11.9. The number of hydrogen-bond acceptors (Lipinski definition) is 4. The summed E-state index contributed by atoms with van der Waals surface area (Å²) in [4.78, 5) is 16.0. The molecular weight excluding hydrogens is 278 g/mol. The smallest absolute Gasteiger partial charge is 0.185 e. The molecule has 0 fully saturated rings. The summed E-state index contributed by atoms with van der Waals surface area (Å²) in [7, 11) is 0. The number of carbonyl (C=O) groups is 1. The lowest BCUT2D eigenvalue weighted by Crippen LogP contribution is -2.27. The molecule has 1 aliphatic rings. The lowest BCUT2D eigenvalue weighted by Gasteiger charge is -2.19. The van der Waals surface area contributed by atoms with Crippen molar-refractivity contribution in [1.82, 2.24) is 4.98 Å². The first kappa shape index (κ1) is 14.1. The number of ketones is 1. The van der Waals surface area contributed by atoms with Crippen LogP contribution in [0.4, 0.5) is 0 Å². The number of allylic oxidation sites excluding steroid dienone is 1. The fourth-order valence-electron chi connectivity index (χ4n) is 2.18. The van der Waals surface area contributed by atoms with Crippen molar-refractivity contribution < 1.29 is 14.3 Å². The number of hydrogen-bond donors (Lipinski definition) is 1. The second-order valence-electron chi connectivity index (χ2n) is 4.89. The van der Waals surface area contributed by atoms with Gasteiger partial charge in [-0.1, -0.05) is 12.0 Å². The van der Waals surface area contributed by atoms with Crippen LogP contribution in [0.1, 0.15) is 17.9 Å². The van der Waals surface area contributed by atoms with E-state index in [1.54, 1.807) is 36.5 Å². The third kappa shape index (κ3) is 2.90. The van der Waals surface area contributed by atoms with E-state index in [4.69, 9.17) is 4.42 Å². The van der Waals surface area contributed by atoms with Crippen LogP contribution < -0.4 is 0 Å². The normalized spacial score (nSPS) is 21.9. The first-order chi connectivity index (χ1) is 10.7. The fraction of sp³-hybridized carbons (Fsp3) is 0.111. The Labute approximate surface area is 127 Å². The average molecular weight is 291 g/mol. The Morgan fingerprint density at radius 3 is 2.95 bits per heavy atom. The highest BCUT2D eigenvalue weighted by atomic mass is 16.3. The van der Waals surface area contributed by atoms with Crippen molar-refractivity contribution in [2.24, 2.45) is 0 Å². The van der Waals surface area contributed by atoms with Crippen LogP contribution in [0.15, 0.2) is 64.9 Å². The van der Waals surface area contributed by atoms with Gasteiger partial charge in [-0.2, -0.15) is 0 Å². The van der Waals surface area contributed by atoms with Crippen LogP contribution in [-0.4, -0.2) is 21.5 Å². The van der Waals surface area contributed by atoms with E-state index in [1.165, 1.54) is 18.4 Å². The van der Waals surface area contributed by atoms with Crippen LogP contribution in [0.2, 0.25) is 0 Å². The summed E-state index contributed by atoms with van der Waals surface area (Å²) >= 11 is 0. The van der Waals surface area contributed by atoms with Gasteiger partial charge in [0.2, 0.25) is 0 Å². The van der Waals surface area contributed by atoms with E-state index in [-0.39, 0.29) is 17.8 Å². The Morgan fingerprint density at radius 2 is 2.23 bits per heavy atom. The molecule has 1 N–H and O–H groups in total. The summed E-state index contributed by atoms with van der Waals surface area (Å²) < 4.78 is 5.20. The number of carbonyl (C=O) groups excluding carboxylic acids is 1. The minimum atomic E-state index is -1.40. The summed E-state index contributed by atoms with van der Waals surface area (Å²) in [6.07, 6.45) is 7.65. The van der Waals surface area contributed by atoms with Gasteiger partial charge in [0.25, 0.3) is 0 Å². The molecule has 4 heteroatoms. The molecule has 1 aliphatic carbocycles. The van der Waals surface area contributed by atoms with E-state index in [0.29, 0.717) is 11.5 Å². The van der Waals surface area contributed by atoms with Gasteiger partial charge in [-0.15, -0.1) is 0 Å². The highest BCUT2D eigenvalue weighted by Crippen LogP contribution is 2.31. The third-order valence-electron chi connectivity index (χ3n) is 3.31. The topological polar surface area (TPSA) is 63.3 Å². The Balaban J connectivity index is 1.83. The van der Waals surface area contributed by atoms with Crippen LogP contribution in [0.25, 0.3) is 6.08 Å². The molecule has 22 heavy (non-hydrogen) atoms. The van der Waals surface area contributed by atoms with Gasteiger partial charge >= 0.3 is 0 Å². The van der Waals surface area contributed by atoms with Crippen molar-refractivity contribution in [3.05, 3.63) is 72.0 Å². The fourth-order valence-corrected chi connectivity index (χ4v) is 2.18. The number of aromatic nitrogens is 1. The van der Waals surface area contributed by atoms with Gasteiger partial charge in [-0.25, -0.2) is 4.98 Å². The van der Waals surface area contributed by atoms with Gasteiger partial charge in [0, 0.05) is 18.2 Å². The third-order valence-corrected chi connectivity index (χ3v) is 3.31. The molecule has 0 saturated heterocycles. The minimum Gasteiger partial charge on any atom is -0.465 e. The first-order valence-electron chi connectivity index (χ1n) is 6.79. The molecular formula is C18H13NO3. The highest BCUT2D eigenvalue weighted by Gasteiger charge is 2.36. The Hall–Kier alpha value is -2.90. The molecule has 3 rings (SSSR count). The SMILES string of the molecule is O=C1C=CC(O)(CC#Cc2ccccn2)/C1=C\c1ccco1. The zero-order valence-electron chi connectivity index (χ0n) is 11.7. The number of nitrogens with zero attached hydrogens (tertiary/aromatic N) is 1. The van der Waals surface area contributed by atoms with E-state index in [2.05, 4.69) is 16.8 Å². The second-order valence-corrected chi connectivity index (χ2v) is 4.89. The van der Waals surface area contributed by atoms with Crippen LogP contribution in [-0.2, 0) is 4.79 Å². The number of furan rings is 1. The van der Waals surface area contributed by atoms with Gasteiger partial charge < -0.3 is 9.52 Å². The van der Waals surface area contributed by atoms with Gasteiger partial charge in [-0.3, -0.25) is 4.79 Å². The molecule has 2 aromatic rings. The summed E-state index contributed by atoms with van der Waals surface area (Å²) in [5, 5.41) is 10.7. The molecule has 108 valence electrons. The molecule has 0 amide bonds. The van der Waals surface area contributed by atoms with Crippen molar-refractivity contribution >= 4 is 11.9 Å². The summed E-state index contributed by atoms with van der Waals surface area (Å²) in [6, 6.07) is 8.87. The molecule has 0 aliphatic heterocycles. The van der Waals surface area contributed by atoms with E-state index in [9.17, 15) is 9.90 Å². The molecule has 0 spiro atoms. The van der Waals surface area contributed by atoms with Gasteiger partial charge in [0.15, 0.2) is 5.78 Å².